The quantitative estimate of drug-likeness (QED) is 0.532. The summed E-state index contributed by atoms with van der Waals surface area (Å²) in [6.07, 6.45) is 0. The number of hydrogen-bond donors (Lipinski definition) is 1. The summed E-state index contributed by atoms with van der Waals surface area (Å²) in [5.74, 6) is 1.78. The topological polar surface area (TPSA) is 87.0 Å². The van der Waals surface area contributed by atoms with Gasteiger partial charge in [-0.3, -0.25) is 4.79 Å². The molecule has 2 aromatic heterocycles. The molecule has 0 fully saturated rings. The van der Waals surface area contributed by atoms with Gasteiger partial charge in [-0.05, 0) is 37.3 Å². The number of fused-ring (bicyclic) bond motifs is 2. The van der Waals surface area contributed by atoms with Gasteiger partial charge in [0.15, 0.2) is 11.5 Å². The van der Waals surface area contributed by atoms with Crippen molar-refractivity contribution < 1.29 is 14.2 Å². The van der Waals surface area contributed by atoms with Crippen LogP contribution >= 0.6 is 11.3 Å². The molecule has 0 atom stereocenters. The largest absolute Gasteiger partial charge is 0.494 e. The molecule has 1 N–H and O–H groups in total. The fourth-order valence-electron chi connectivity index (χ4n) is 2.81. The molecule has 0 aliphatic carbocycles. The summed E-state index contributed by atoms with van der Waals surface area (Å²) in [5, 5.41) is 8.52. The van der Waals surface area contributed by atoms with Gasteiger partial charge in [0.2, 0.25) is 10.1 Å². The molecule has 144 valence electrons. The van der Waals surface area contributed by atoms with Crippen molar-refractivity contribution in [2.75, 3.05) is 26.1 Å². The standard InChI is InChI=1S/C19H18N4O4S/c1-4-27-12-7-5-11(6-8-12)20-18-22-23-17(24)13-9-15(25-2)16(26-3)10-14(13)21-19(23)28-18/h5-10H,4H2,1-3H3,(H,20,22). The third-order valence-electron chi connectivity index (χ3n) is 4.12. The van der Waals surface area contributed by atoms with Crippen LogP contribution < -0.4 is 25.1 Å². The first kappa shape index (κ1) is 18.1. The fraction of sp³-hybridized carbons (Fsp3) is 0.211. The molecule has 0 bridgehead atoms. The van der Waals surface area contributed by atoms with Gasteiger partial charge in [0, 0.05) is 11.8 Å². The smallest absolute Gasteiger partial charge is 0.283 e. The molecule has 0 aliphatic rings. The van der Waals surface area contributed by atoms with Crippen molar-refractivity contribution in [1.29, 1.82) is 0 Å². The minimum atomic E-state index is -0.267. The molecular formula is C19H18N4O4S. The van der Waals surface area contributed by atoms with Crippen LogP contribution in [0.15, 0.2) is 41.2 Å². The zero-order chi connectivity index (χ0) is 19.7. The first-order valence-corrected chi connectivity index (χ1v) is 9.40. The highest BCUT2D eigenvalue weighted by molar-refractivity contribution is 7.20. The van der Waals surface area contributed by atoms with E-state index in [1.807, 2.05) is 31.2 Å². The maximum atomic E-state index is 12.9. The Kier molecular flexibility index (Phi) is 4.74. The van der Waals surface area contributed by atoms with E-state index in [0.29, 0.717) is 39.1 Å². The Morgan fingerprint density at radius 1 is 1.11 bits per heavy atom. The summed E-state index contributed by atoms with van der Waals surface area (Å²) in [7, 11) is 3.07. The van der Waals surface area contributed by atoms with Gasteiger partial charge in [0.25, 0.3) is 5.56 Å². The van der Waals surface area contributed by atoms with Gasteiger partial charge in [-0.2, -0.15) is 4.52 Å². The third-order valence-corrected chi connectivity index (χ3v) is 4.94. The lowest BCUT2D eigenvalue weighted by Crippen LogP contribution is -2.15. The highest BCUT2D eigenvalue weighted by atomic mass is 32.1. The molecule has 8 nitrogen and oxygen atoms in total. The van der Waals surface area contributed by atoms with Gasteiger partial charge in [-0.25, -0.2) is 4.98 Å². The van der Waals surface area contributed by atoms with Crippen molar-refractivity contribution in [2.24, 2.45) is 0 Å². The lowest BCUT2D eigenvalue weighted by Gasteiger charge is -2.08. The number of nitrogens with one attached hydrogen (secondary N) is 1. The molecule has 2 heterocycles. The molecule has 0 spiro atoms. The summed E-state index contributed by atoms with van der Waals surface area (Å²) in [6, 6.07) is 10.8. The van der Waals surface area contributed by atoms with Gasteiger partial charge in [0.1, 0.15) is 5.75 Å². The molecule has 0 aliphatic heterocycles. The van der Waals surface area contributed by atoms with Crippen LogP contribution in [0.4, 0.5) is 10.8 Å². The van der Waals surface area contributed by atoms with Crippen LogP contribution in [0.2, 0.25) is 0 Å². The van der Waals surface area contributed by atoms with Crippen LogP contribution in [0.25, 0.3) is 15.9 Å². The lowest BCUT2D eigenvalue weighted by molar-refractivity contribution is 0.340. The lowest BCUT2D eigenvalue weighted by atomic mass is 10.2. The molecule has 9 heteroatoms. The summed E-state index contributed by atoms with van der Waals surface area (Å²) in [6.45, 7) is 2.55. The summed E-state index contributed by atoms with van der Waals surface area (Å²) in [5.41, 5.74) is 1.10. The number of aromatic nitrogens is 3. The molecule has 4 aromatic rings. The van der Waals surface area contributed by atoms with Crippen molar-refractivity contribution in [3.8, 4) is 17.2 Å². The normalized spacial score (nSPS) is 11.0. The van der Waals surface area contributed by atoms with Crippen molar-refractivity contribution in [3.05, 3.63) is 46.8 Å². The zero-order valence-electron chi connectivity index (χ0n) is 15.6. The van der Waals surface area contributed by atoms with Crippen LogP contribution in [0.3, 0.4) is 0 Å². The van der Waals surface area contributed by atoms with Gasteiger partial charge >= 0.3 is 0 Å². The molecule has 4 rings (SSSR count). The molecule has 0 unspecified atom stereocenters. The highest BCUT2D eigenvalue weighted by Gasteiger charge is 2.15. The van der Waals surface area contributed by atoms with Crippen molar-refractivity contribution in [2.45, 2.75) is 6.92 Å². The van der Waals surface area contributed by atoms with Crippen molar-refractivity contribution >= 4 is 38.0 Å². The summed E-state index contributed by atoms with van der Waals surface area (Å²) >= 11 is 1.29. The maximum absolute atomic E-state index is 12.9. The molecule has 0 amide bonds. The number of methoxy groups -OCH3 is 2. The van der Waals surface area contributed by atoms with E-state index < -0.39 is 0 Å². The Balaban J connectivity index is 1.74. The van der Waals surface area contributed by atoms with Crippen LogP contribution in [-0.2, 0) is 0 Å². The second kappa shape index (κ2) is 7.35. The first-order valence-electron chi connectivity index (χ1n) is 8.58. The number of hydrogen-bond acceptors (Lipinski definition) is 8. The molecule has 0 saturated heterocycles. The van der Waals surface area contributed by atoms with Gasteiger partial charge in [0.05, 0.1) is 31.7 Å². The van der Waals surface area contributed by atoms with Gasteiger partial charge in [-0.1, -0.05) is 11.3 Å². The Morgan fingerprint density at radius 3 is 2.50 bits per heavy atom. The molecule has 0 saturated carbocycles. The van der Waals surface area contributed by atoms with E-state index in [-0.39, 0.29) is 5.56 Å². The van der Waals surface area contributed by atoms with Crippen LogP contribution in [0, 0.1) is 0 Å². The minimum Gasteiger partial charge on any atom is -0.494 e. The van der Waals surface area contributed by atoms with Crippen molar-refractivity contribution in [1.82, 2.24) is 14.6 Å². The Labute approximate surface area is 164 Å². The SMILES string of the molecule is CCOc1ccc(Nc2nn3c(=O)c4cc(OC)c(OC)cc4nc3s2)cc1. The summed E-state index contributed by atoms with van der Waals surface area (Å²) < 4.78 is 17.3. The van der Waals surface area contributed by atoms with E-state index in [1.165, 1.54) is 23.0 Å². The average molecular weight is 398 g/mol. The number of nitrogens with zero attached hydrogens (tertiary/aromatic N) is 3. The highest BCUT2D eigenvalue weighted by Crippen LogP contribution is 2.31. The first-order chi connectivity index (χ1) is 13.6. The summed E-state index contributed by atoms with van der Waals surface area (Å²) in [4.78, 5) is 17.9. The minimum absolute atomic E-state index is 0.267. The predicted molar refractivity (Wildman–Crippen MR) is 109 cm³/mol. The molecule has 0 radical (unpaired) electrons. The Morgan fingerprint density at radius 2 is 1.82 bits per heavy atom. The molecule has 2 aromatic carbocycles. The number of anilines is 2. The second-order valence-electron chi connectivity index (χ2n) is 5.83. The number of ether oxygens (including phenoxy) is 3. The number of benzene rings is 2. The van der Waals surface area contributed by atoms with Gasteiger partial charge in [-0.15, -0.1) is 5.10 Å². The molecular weight excluding hydrogens is 380 g/mol. The maximum Gasteiger partial charge on any atom is 0.283 e. The second-order valence-corrected chi connectivity index (χ2v) is 6.78. The molecule has 28 heavy (non-hydrogen) atoms. The predicted octanol–water partition coefficient (Wildman–Crippen LogP) is 3.46. The Hall–Kier alpha value is -3.33. The fourth-order valence-corrected chi connectivity index (χ4v) is 3.63. The van der Waals surface area contributed by atoms with E-state index in [9.17, 15) is 4.79 Å². The van der Waals surface area contributed by atoms with Gasteiger partial charge < -0.3 is 19.5 Å². The van der Waals surface area contributed by atoms with E-state index in [4.69, 9.17) is 14.2 Å². The zero-order valence-corrected chi connectivity index (χ0v) is 16.4. The van der Waals surface area contributed by atoms with E-state index in [2.05, 4.69) is 15.4 Å². The van der Waals surface area contributed by atoms with E-state index in [1.54, 1.807) is 19.2 Å². The van der Waals surface area contributed by atoms with E-state index in [0.717, 1.165) is 11.4 Å². The monoisotopic (exact) mass is 398 g/mol. The van der Waals surface area contributed by atoms with Crippen LogP contribution in [0.1, 0.15) is 6.92 Å². The van der Waals surface area contributed by atoms with Crippen molar-refractivity contribution in [3.63, 3.8) is 0 Å². The van der Waals surface area contributed by atoms with Crippen LogP contribution in [-0.4, -0.2) is 35.4 Å². The third kappa shape index (κ3) is 3.20. The van der Waals surface area contributed by atoms with E-state index >= 15 is 0 Å². The Bertz CT molecular complexity index is 1200. The van der Waals surface area contributed by atoms with Crippen LogP contribution in [0.5, 0.6) is 17.2 Å². The number of rotatable bonds is 6. The average Bonchev–Trinajstić information content (AvgIpc) is 3.11.